The van der Waals surface area contributed by atoms with Crippen molar-refractivity contribution in [3.05, 3.63) is 64.1 Å². The second-order valence-electron chi connectivity index (χ2n) is 11.0. The van der Waals surface area contributed by atoms with E-state index in [2.05, 4.69) is 0 Å². The Labute approximate surface area is 233 Å². The second kappa shape index (κ2) is 8.80. The van der Waals surface area contributed by atoms with Crippen LogP contribution in [0.5, 0.6) is 17.2 Å². The fourth-order valence-corrected chi connectivity index (χ4v) is 6.92. The van der Waals surface area contributed by atoms with Crippen molar-refractivity contribution in [1.29, 1.82) is 0 Å². The van der Waals surface area contributed by atoms with Gasteiger partial charge in [0.25, 0.3) is 5.91 Å². The lowest BCUT2D eigenvalue weighted by Gasteiger charge is -2.53. The highest BCUT2D eigenvalue weighted by atomic mass is 16.7. The number of phenolic OH excluding ortho intramolecular Hbond substituents is 1. The van der Waals surface area contributed by atoms with Crippen LogP contribution in [0, 0.1) is 11.8 Å². The Morgan fingerprint density at radius 3 is 2.41 bits per heavy atom. The largest absolute Gasteiger partial charge is 0.510 e. The van der Waals surface area contributed by atoms with E-state index in [1.54, 1.807) is 37.3 Å². The number of aliphatic hydroxyl groups excluding tert-OH is 3. The second-order valence-corrected chi connectivity index (χ2v) is 11.0. The van der Waals surface area contributed by atoms with Crippen LogP contribution >= 0.6 is 0 Å². The van der Waals surface area contributed by atoms with Gasteiger partial charge in [0, 0.05) is 17.1 Å². The SMILES string of the molecule is C[C@H]1c2ccc(-c3ccc4c(c3)OCO4)c(O)c2C(=O)C2=C(O)[C@]3(O)C(=O)C(C(N)=O)=C(O)[C@@H](N(C)C)[C@@H]3[C@@H](O)[C@@H]21. The van der Waals surface area contributed by atoms with Crippen LogP contribution in [0.3, 0.4) is 0 Å². The number of carbonyl (C=O) groups is 3. The molecule has 3 aliphatic carbocycles. The van der Waals surface area contributed by atoms with Gasteiger partial charge in [-0.1, -0.05) is 25.1 Å². The number of aliphatic hydroxyl groups is 4. The van der Waals surface area contributed by atoms with Crippen molar-refractivity contribution in [3.8, 4) is 28.4 Å². The maximum Gasteiger partial charge on any atom is 0.255 e. The number of hydrogen-bond donors (Lipinski definition) is 6. The molecule has 0 radical (unpaired) electrons. The number of Topliss-reactive ketones (excluding diaryl/α,β-unsaturated/α-hetero) is 2. The summed E-state index contributed by atoms with van der Waals surface area (Å²) in [5, 5.41) is 57.3. The molecule has 214 valence electrons. The molecule has 2 aromatic rings. The summed E-state index contributed by atoms with van der Waals surface area (Å²) in [6, 6.07) is 6.92. The van der Waals surface area contributed by atoms with E-state index >= 15 is 0 Å². The molecular weight excluding hydrogens is 536 g/mol. The molecule has 0 aromatic heterocycles. The lowest BCUT2D eigenvalue weighted by molar-refractivity contribution is -0.162. The fourth-order valence-electron chi connectivity index (χ4n) is 6.92. The molecule has 1 aliphatic heterocycles. The van der Waals surface area contributed by atoms with Crippen molar-refractivity contribution >= 4 is 17.5 Å². The predicted octanol–water partition coefficient (Wildman–Crippen LogP) is 1.05. The molecule has 6 atom stereocenters. The quantitative estimate of drug-likeness (QED) is 0.291. The Bertz CT molecular complexity index is 1630. The first-order chi connectivity index (χ1) is 19.3. The molecule has 1 heterocycles. The summed E-state index contributed by atoms with van der Waals surface area (Å²) in [5.41, 5.74) is 1.99. The monoisotopic (exact) mass is 564 g/mol. The van der Waals surface area contributed by atoms with Gasteiger partial charge in [-0.05, 0) is 43.3 Å². The van der Waals surface area contributed by atoms with Crippen molar-refractivity contribution < 1.29 is 49.4 Å². The first kappa shape index (κ1) is 26.8. The van der Waals surface area contributed by atoms with Crippen LogP contribution in [-0.4, -0.2) is 86.5 Å². The maximum absolute atomic E-state index is 14.0. The summed E-state index contributed by atoms with van der Waals surface area (Å²) >= 11 is 0. The summed E-state index contributed by atoms with van der Waals surface area (Å²) in [6.07, 6.45) is -1.65. The molecule has 2 aromatic carbocycles. The molecule has 7 N–H and O–H groups in total. The number of nitrogens with two attached hydrogens (primary N) is 1. The standard InChI is InChI=1S/C29H28N2O10/c1-10-12-5-6-13(11-4-7-14-15(8-11)41-9-40-14)22(32)17(12)23(33)18-16(10)24(34)20-21(31(2)3)25(35)19(28(30)38)27(37)29(20,39)26(18)36/h4-8,10,16,20-21,24,32,34-36,39H,9H2,1-3H3,(H2,30,38)/t10-,16+,20+,21-,24-,29-/m0/s1. The Morgan fingerprint density at radius 1 is 1.07 bits per heavy atom. The van der Waals surface area contributed by atoms with Gasteiger partial charge in [-0.3, -0.25) is 19.3 Å². The van der Waals surface area contributed by atoms with Crippen molar-refractivity contribution in [2.45, 2.75) is 30.6 Å². The van der Waals surface area contributed by atoms with Gasteiger partial charge in [0.15, 0.2) is 22.9 Å². The average Bonchev–Trinajstić information content (AvgIpc) is 3.38. The zero-order valence-electron chi connectivity index (χ0n) is 22.3. The molecule has 4 aliphatic rings. The van der Waals surface area contributed by atoms with Crippen LogP contribution in [0.1, 0.15) is 28.8 Å². The van der Waals surface area contributed by atoms with Gasteiger partial charge in [-0.2, -0.15) is 0 Å². The minimum absolute atomic E-state index is 0.0455. The normalized spacial score (nSPS) is 30.3. The Morgan fingerprint density at radius 2 is 1.76 bits per heavy atom. The number of rotatable bonds is 3. The molecule has 0 spiro atoms. The Hall–Kier alpha value is -4.39. The van der Waals surface area contributed by atoms with E-state index in [4.69, 9.17) is 15.2 Å². The van der Waals surface area contributed by atoms with Crippen LogP contribution in [0.2, 0.25) is 0 Å². The van der Waals surface area contributed by atoms with Crippen LogP contribution in [0.15, 0.2) is 53.0 Å². The number of ether oxygens (including phenoxy) is 2. The van der Waals surface area contributed by atoms with Gasteiger partial charge in [-0.25, -0.2) is 0 Å². The molecule has 41 heavy (non-hydrogen) atoms. The number of hydrogen-bond acceptors (Lipinski definition) is 11. The summed E-state index contributed by atoms with van der Waals surface area (Å²) in [7, 11) is 2.97. The van der Waals surface area contributed by atoms with Gasteiger partial charge in [0.1, 0.15) is 22.8 Å². The minimum atomic E-state index is -2.96. The van der Waals surface area contributed by atoms with E-state index in [0.29, 0.717) is 22.6 Å². The number of carbonyl (C=O) groups excluding carboxylic acids is 3. The van der Waals surface area contributed by atoms with Gasteiger partial charge in [-0.15, -0.1) is 0 Å². The molecule has 0 unspecified atom stereocenters. The number of likely N-dealkylation sites (N-methyl/N-ethyl adjacent to an activating group) is 1. The minimum Gasteiger partial charge on any atom is -0.510 e. The third-order valence-electron chi connectivity index (χ3n) is 8.81. The van der Waals surface area contributed by atoms with Crippen LogP contribution in [0.25, 0.3) is 11.1 Å². The number of benzene rings is 2. The van der Waals surface area contributed by atoms with Crippen molar-refractivity contribution in [3.63, 3.8) is 0 Å². The number of nitrogens with zero attached hydrogens (tertiary/aromatic N) is 1. The third kappa shape index (κ3) is 3.35. The molecule has 12 heteroatoms. The number of primary amides is 1. The maximum atomic E-state index is 14.0. The highest BCUT2D eigenvalue weighted by molar-refractivity contribution is 6.25. The molecule has 1 amide bonds. The van der Waals surface area contributed by atoms with Gasteiger partial charge >= 0.3 is 0 Å². The number of amides is 1. The third-order valence-corrected chi connectivity index (χ3v) is 8.81. The molecule has 6 rings (SSSR count). The first-order valence-electron chi connectivity index (χ1n) is 12.9. The Balaban J connectivity index is 1.56. The van der Waals surface area contributed by atoms with Crippen molar-refractivity contribution in [2.75, 3.05) is 20.9 Å². The number of aromatic hydroxyl groups is 1. The summed E-state index contributed by atoms with van der Waals surface area (Å²) in [6.45, 7) is 1.72. The zero-order valence-corrected chi connectivity index (χ0v) is 22.3. The van der Waals surface area contributed by atoms with Gasteiger partial charge < -0.3 is 40.7 Å². The smallest absolute Gasteiger partial charge is 0.255 e. The number of ketones is 2. The molecular formula is C29H28N2O10. The summed E-state index contributed by atoms with van der Waals surface area (Å²) < 4.78 is 10.8. The van der Waals surface area contributed by atoms with E-state index in [0.717, 1.165) is 0 Å². The van der Waals surface area contributed by atoms with E-state index in [-0.39, 0.29) is 17.9 Å². The molecule has 0 saturated heterocycles. The molecule has 0 saturated carbocycles. The van der Waals surface area contributed by atoms with Crippen LogP contribution in [-0.2, 0) is 9.59 Å². The predicted molar refractivity (Wildman–Crippen MR) is 141 cm³/mol. The highest BCUT2D eigenvalue weighted by Gasteiger charge is 2.67. The van der Waals surface area contributed by atoms with E-state index in [9.17, 15) is 39.9 Å². The summed E-state index contributed by atoms with van der Waals surface area (Å²) in [5.74, 6) is -8.31. The molecule has 0 bridgehead atoms. The Kier molecular flexibility index (Phi) is 5.76. The lowest BCUT2D eigenvalue weighted by atomic mass is 9.55. The number of phenols is 1. The van der Waals surface area contributed by atoms with Crippen molar-refractivity contribution in [2.24, 2.45) is 17.6 Å². The van der Waals surface area contributed by atoms with E-state index in [1.807, 2.05) is 0 Å². The highest BCUT2D eigenvalue weighted by Crippen LogP contribution is 2.56. The van der Waals surface area contributed by atoms with Crippen LogP contribution < -0.4 is 15.2 Å². The average molecular weight is 565 g/mol. The topological polar surface area (TPSA) is 200 Å². The van der Waals surface area contributed by atoms with E-state index in [1.165, 1.54) is 19.0 Å². The lowest BCUT2D eigenvalue weighted by Crippen LogP contribution is -2.68. The van der Waals surface area contributed by atoms with Crippen molar-refractivity contribution in [1.82, 2.24) is 4.90 Å². The van der Waals surface area contributed by atoms with E-state index < -0.39 is 81.4 Å². The number of fused-ring (bicyclic) bond motifs is 4. The van der Waals surface area contributed by atoms with Gasteiger partial charge in [0.05, 0.1) is 23.6 Å². The molecule has 0 fully saturated rings. The zero-order chi connectivity index (χ0) is 29.7. The first-order valence-corrected chi connectivity index (χ1v) is 12.9. The summed E-state index contributed by atoms with van der Waals surface area (Å²) in [4.78, 5) is 41.1. The fraction of sp³-hybridized carbons (Fsp3) is 0.345. The molecule has 12 nitrogen and oxygen atoms in total. The van der Waals surface area contributed by atoms with Crippen LogP contribution in [0.4, 0.5) is 0 Å². The van der Waals surface area contributed by atoms with Gasteiger partial charge in [0.2, 0.25) is 12.6 Å².